The lowest BCUT2D eigenvalue weighted by atomic mass is 10.3. The van der Waals surface area contributed by atoms with E-state index in [2.05, 4.69) is 16.8 Å². The molecular formula is C10H16N2O3. The monoisotopic (exact) mass is 212 g/mol. The van der Waals surface area contributed by atoms with Crippen molar-refractivity contribution in [3.05, 3.63) is 18.0 Å². The van der Waals surface area contributed by atoms with Crippen molar-refractivity contribution < 1.29 is 14.1 Å². The molecule has 0 saturated carbocycles. The van der Waals surface area contributed by atoms with Gasteiger partial charge < -0.3 is 9.26 Å². The maximum Gasteiger partial charge on any atom is 0.319 e. The van der Waals surface area contributed by atoms with Crippen molar-refractivity contribution in [3.63, 3.8) is 0 Å². The minimum Gasteiger partial charge on any atom is -0.468 e. The van der Waals surface area contributed by atoms with E-state index in [9.17, 15) is 4.79 Å². The standard InChI is InChI=1S/C10H16N2O3/c1-3-4-12(7-10(13)14-2)6-9-5-11-15-8-9/h5,8H,3-4,6-7H2,1-2H3. The highest BCUT2D eigenvalue weighted by Crippen LogP contribution is 2.04. The number of aromatic nitrogens is 1. The van der Waals surface area contributed by atoms with Crippen LogP contribution >= 0.6 is 0 Å². The summed E-state index contributed by atoms with van der Waals surface area (Å²) in [4.78, 5) is 13.1. The molecular weight excluding hydrogens is 196 g/mol. The number of rotatable bonds is 6. The third kappa shape index (κ3) is 4.12. The number of nitrogens with zero attached hydrogens (tertiary/aromatic N) is 2. The molecule has 0 atom stereocenters. The maximum absolute atomic E-state index is 11.1. The molecule has 84 valence electrons. The van der Waals surface area contributed by atoms with Crippen molar-refractivity contribution >= 4 is 5.97 Å². The Hall–Kier alpha value is -1.36. The average molecular weight is 212 g/mol. The van der Waals surface area contributed by atoms with Crippen LogP contribution in [-0.2, 0) is 16.1 Å². The summed E-state index contributed by atoms with van der Waals surface area (Å²) in [7, 11) is 1.39. The van der Waals surface area contributed by atoms with Crippen molar-refractivity contribution in [3.8, 4) is 0 Å². The van der Waals surface area contributed by atoms with Crippen LogP contribution in [-0.4, -0.2) is 36.2 Å². The van der Waals surface area contributed by atoms with Crippen LogP contribution in [0.2, 0.25) is 0 Å². The molecule has 1 heterocycles. The van der Waals surface area contributed by atoms with Gasteiger partial charge in [-0.05, 0) is 13.0 Å². The first-order chi connectivity index (χ1) is 7.26. The van der Waals surface area contributed by atoms with E-state index in [1.807, 2.05) is 4.90 Å². The largest absolute Gasteiger partial charge is 0.468 e. The van der Waals surface area contributed by atoms with Crippen molar-refractivity contribution in [2.45, 2.75) is 19.9 Å². The molecule has 1 aromatic heterocycles. The van der Waals surface area contributed by atoms with Gasteiger partial charge in [-0.2, -0.15) is 0 Å². The first-order valence-electron chi connectivity index (χ1n) is 4.93. The lowest BCUT2D eigenvalue weighted by Crippen LogP contribution is -2.30. The van der Waals surface area contributed by atoms with E-state index in [-0.39, 0.29) is 5.97 Å². The van der Waals surface area contributed by atoms with Crippen LogP contribution in [0, 0.1) is 0 Å². The van der Waals surface area contributed by atoms with Gasteiger partial charge in [-0.25, -0.2) is 0 Å². The predicted molar refractivity (Wildman–Crippen MR) is 54.1 cm³/mol. The van der Waals surface area contributed by atoms with Crippen molar-refractivity contribution in [1.29, 1.82) is 0 Å². The van der Waals surface area contributed by atoms with Crippen molar-refractivity contribution in [1.82, 2.24) is 10.1 Å². The van der Waals surface area contributed by atoms with Gasteiger partial charge in [-0.3, -0.25) is 9.69 Å². The summed E-state index contributed by atoms with van der Waals surface area (Å²) in [6.07, 6.45) is 4.22. The van der Waals surface area contributed by atoms with Gasteiger partial charge in [-0.15, -0.1) is 0 Å². The normalized spacial score (nSPS) is 10.6. The third-order valence-electron chi connectivity index (χ3n) is 2.01. The molecule has 5 heteroatoms. The number of ether oxygens (including phenoxy) is 1. The zero-order chi connectivity index (χ0) is 11.1. The van der Waals surface area contributed by atoms with Crippen LogP contribution in [0.5, 0.6) is 0 Å². The number of methoxy groups -OCH3 is 1. The molecule has 0 unspecified atom stereocenters. The molecule has 0 aliphatic rings. The van der Waals surface area contributed by atoms with Gasteiger partial charge in [0.15, 0.2) is 0 Å². The topological polar surface area (TPSA) is 55.6 Å². The molecule has 0 spiro atoms. The second-order valence-electron chi connectivity index (χ2n) is 3.32. The molecule has 0 N–H and O–H groups in total. The summed E-state index contributed by atoms with van der Waals surface area (Å²) < 4.78 is 9.36. The molecule has 15 heavy (non-hydrogen) atoms. The minimum absolute atomic E-state index is 0.222. The summed E-state index contributed by atoms with van der Waals surface area (Å²) in [5.74, 6) is -0.222. The zero-order valence-electron chi connectivity index (χ0n) is 9.10. The number of hydrogen-bond donors (Lipinski definition) is 0. The molecule has 0 fully saturated rings. The van der Waals surface area contributed by atoms with Crippen molar-refractivity contribution in [2.75, 3.05) is 20.2 Å². The van der Waals surface area contributed by atoms with Crippen molar-refractivity contribution in [2.24, 2.45) is 0 Å². The highest BCUT2D eigenvalue weighted by molar-refractivity contribution is 5.71. The Labute approximate surface area is 89.0 Å². The average Bonchev–Trinajstić information content (AvgIpc) is 2.70. The molecule has 5 nitrogen and oxygen atoms in total. The van der Waals surface area contributed by atoms with Gasteiger partial charge in [0.1, 0.15) is 6.26 Å². The SMILES string of the molecule is CCCN(CC(=O)OC)Cc1cnoc1. The van der Waals surface area contributed by atoms with Gasteiger partial charge in [0.25, 0.3) is 0 Å². The van der Waals surface area contributed by atoms with Gasteiger partial charge in [0.05, 0.1) is 19.9 Å². The van der Waals surface area contributed by atoms with Gasteiger partial charge in [0.2, 0.25) is 0 Å². The number of hydrogen-bond acceptors (Lipinski definition) is 5. The van der Waals surface area contributed by atoms with Crippen LogP contribution in [0.1, 0.15) is 18.9 Å². The quantitative estimate of drug-likeness (QED) is 0.660. The first-order valence-corrected chi connectivity index (χ1v) is 4.93. The Morgan fingerprint density at radius 3 is 3.00 bits per heavy atom. The maximum atomic E-state index is 11.1. The highest BCUT2D eigenvalue weighted by Gasteiger charge is 2.11. The summed E-state index contributed by atoms with van der Waals surface area (Å²) in [6.45, 7) is 3.88. The van der Waals surface area contributed by atoms with Gasteiger partial charge in [0, 0.05) is 12.1 Å². The van der Waals surface area contributed by atoms with Crippen LogP contribution in [0.25, 0.3) is 0 Å². The van der Waals surface area contributed by atoms with Crippen LogP contribution in [0.15, 0.2) is 17.0 Å². The lowest BCUT2D eigenvalue weighted by molar-refractivity contribution is -0.142. The molecule has 0 bridgehead atoms. The fraction of sp³-hybridized carbons (Fsp3) is 0.600. The van der Waals surface area contributed by atoms with E-state index >= 15 is 0 Å². The Bertz CT molecular complexity index is 285. The van der Waals surface area contributed by atoms with E-state index in [0.717, 1.165) is 18.5 Å². The van der Waals surface area contributed by atoms with Gasteiger partial charge in [-0.1, -0.05) is 12.1 Å². The van der Waals surface area contributed by atoms with Gasteiger partial charge >= 0.3 is 5.97 Å². The molecule has 0 radical (unpaired) electrons. The summed E-state index contributed by atoms with van der Waals surface area (Å²) >= 11 is 0. The number of carbonyl (C=O) groups is 1. The Balaban J connectivity index is 2.46. The van der Waals surface area contributed by atoms with Crippen LogP contribution < -0.4 is 0 Å². The number of carbonyl (C=O) groups excluding carboxylic acids is 1. The molecule has 0 aliphatic carbocycles. The highest BCUT2D eigenvalue weighted by atomic mass is 16.5. The molecule has 0 aliphatic heterocycles. The predicted octanol–water partition coefficient (Wildman–Crippen LogP) is 1.06. The smallest absolute Gasteiger partial charge is 0.319 e. The molecule has 1 rings (SSSR count). The summed E-state index contributed by atoms with van der Waals surface area (Å²) in [5.41, 5.74) is 0.965. The number of esters is 1. The minimum atomic E-state index is -0.222. The summed E-state index contributed by atoms with van der Waals surface area (Å²) in [6, 6.07) is 0. The van der Waals surface area contributed by atoms with Crippen LogP contribution in [0.3, 0.4) is 0 Å². The second-order valence-corrected chi connectivity index (χ2v) is 3.32. The molecule has 0 aromatic carbocycles. The Morgan fingerprint density at radius 2 is 2.47 bits per heavy atom. The van der Waals surface area contributed by atoms with E-state index in [1.54, 1.807) is 12.5 Å². The molecule has 1 aromatic rings. The Kier molecular flexibility index (Phi) is 4.83. The zero-order valence-corrected chi connectivity index (χ0v) is 9.10. The molecule has 0 saturated heterocycles. The second kappa shape index (κ2) is 6.19. The summed E-state index contributed by atoms with van der Waals surface area (Å²) in [5, 5.41) is 3.62. The first kappa shape index (κ1) is 11.7. The van der Waals surface area contributed by atoms with E-state index in [0.29, 0.717) is 13.1 Å². The third-order valence-corrected chi connectivity index (χ3v) is 2.01. The molecule has 0 amide bonds. The van der Waals surface area contributed by atoms with E-state index < -0.39 is 0 Å². The lowest BCUT2D eigenvalue weighted by Gasteiger charge is -2.18. The Morgan fingerprint density at radius 1 is 1.67 bits per heavy atom. The fourth-order valence-electron chi connectivity index (χ4n) is 1.34. The van der Waals surface area contributed by atoms with Crippen LogP contribution in [0.4, 0.5) is 0 Å². The van der Waals surface area contributed by atoms with E-state index in [4.69, 9.17) is 4.52 Å². The fourth-order valence-corrected chi connectivity index (χ4v) is 1.34. The van der Waals surface area contributed by atoms with E-state index in [1.165, 1.54) is 7.11 Å².